The van der Waals surface area contributed by atoms with E-state index < -0.39 is 29.9 Å². The number of ether oxygens (including phenoxy) is 1. The van der Waals surface area contributed by atoms with Gasteiger partial charge in [-0.05, 0) is 59.1 Å². The van der Waals surface area contributed by atoms with Crippen LogP contribution >= 0.6 is 0 Å². The third kappa shape index (κ3) is 7.26. The minimum Gasteiger partial charge on any atom is -0.393 e. The number of nitriles is 1. The van der Waals surface area contributed by atoms with Gasteiger partial charge in [0.1, 0.15) is 11.8 Å². The van der Waals surface area contributed by atoms with E-state index in [1.54, 1.807) is 45.4 Å². The second-order valence-electron chi connectivity index (χ2n) is 10.1. The molecule has 0 aliphatic heterocycles. The molecule has 39 heavy (non-hydrogen) atoms. The molecule has 1 aliphatic carbocycles. The summed E-state index contributed by atoms with van der Waals surface area (Å²) in [7, 11) is 0. The van der Waals surface area contributed by atoms with Crippen molar-refractivity contribution in [1.82, 2.24) is 25.0 Å². The third-order valence-electron chi connectivity index (χ3n) is 5.82. The number of aliphatic imine (C=N–C) groups is 2. The Morgan fingerprint density at radius 2 is 2.05 bits per heavy atom. The fraction of sp³-hybridized carbons (Fsp3) is 0.423. The first-order valence-electron chi connectivity index (χ1n) is 12.4. The number of nitrogens with zero attached hydrogens (tertiary/aromatic N) is 8. The highest BCUT2D eigenvalue weighted by Crippen LogP contribution is 2.29. The van der Waals surface area contributed by atoms with Crippen LogP contribution < -0.4 is 5.32 Å². The lowest BCUT2D eigenvalue weighted by atomic mass is 9.86. The summed E-state index contributed by atoms with van der Waals surface area (Å²) in [5.74, 6) is -1.36. The van der Waals surface area contributed by atoms with E-state index in [0.29, 0.717) is 42.0 Å². The predicted molar refractivity (Wildman–Crippen MR) is 142 cm³/mol. The molecular weight excluding hydrogens is 505 g/mol. The molecule has 0 aromatic carbocycles. The van der Waals surface area contributed by atoms with Crippen molar-refractivity contribution in [3.8, 4) is 11.8 Å². The second kappa shape index (κ2) is 11.7. The fourth-order valence-corrected chi connectivity index (χ4v) is 4.00. The maximum atomic E-state index is 15.0. The number of hydrogen-bond acceptors (Lipinski definition) is 11. The van der Waals surface area contributed by atoms with Gasteiger partial charge in [-0.3, -0.25) is 4.98 Å². The van der Waals surface area contributed by atoms with Crippen LogP contribution in [0.15, 0.2) is 40.7 Å². The van der Waals surface area contributed by atoms with Gasteiger partial charge in [-0.25, -0.2) is 19.4 Å². The van der Waals surface area contributed by atoms with E-state index in [4.69, 9.17) is 4.74 Å². The Balaban J connectivity index is 1.64. The van der Waals surface area contributed by atoms with E-state index in [2.05, 4.69) is 35.5 Å². The van der Waals surface area contributed by atoms with Crippen LogP contribution in [0.1, 0.15) is 51.3 Å². The zero-order chi connectivity index (χ0) is 28.2. The van der Waals surface area contributed by atoms with Gasteiger partial charge >= 0.3 is 0 Å². The zero-order valence-corrected chi connectivity index (χ0v) is 22.1. The Hall–Kier alpha value is -4.12. The number of anilines is 2. The minimum atomic E-state index is -1.39. The highest BCUT2D eigenvalue weighted by molar-refractivity contribution is 6.00. The Morgan fingerprint density at radius 3 is 2.74 bits per heavy atom. The number of aryl methyl sites for hydroxylation is 1. The summed E-state index contributed by atoms with van der Waals surface area (Å²) in [4.78, 5) is 18.6. The van der Waals surface area contributed by atoms with Gasteiger partial charge < -0.3 is 20.3 Å². The van der Waals surface area contributed by atoms with Gasteiger partial charge in [0.2, 0.25) is 0 Å². The molecule has 4 rings (SSSR count). The highest BCUT2D eigenvalue weighted by atomic mass is 19.1. The molecule has 0 spiro atoms. The van der Waals surface area contributed by atoms with Crippen molar-refractivity contribution >= 4 is 29.2 Å². The molecule has 2 unspecified atom stereocenters. The summed E-state index contributed by atoms with van der Waals surface area (Å²) >= 11 is 0. The van der Waals surface area contributed by atoms with Crippen LogP contribution in [0.25, 0.3) is 5.69 Å². The number of pyridine rings is 2. The van der Waals surface area contributed by atoms with Crippen LogP contribution in [0.2, 0.25) is 0 Å². The molecule has 3 aromatic rings. The smallest absolute Gasteiger partial charge is 0.255 e. The topological polar surface area (TPSA) is 167 Å². The van der Waals surface area contributed by atoms with E-state index in [9.17, 15) is 19.9 Å². The van der Waals surface area contributed by atoms with E-state index >= 15 is 0 Å². The van der Waals surface area contributed by atoms with Gasteiger partial charge in [-0.2, -0.15) is 15.5 Å². The van der Waals surface area contributed by atoms with Crippen molar-refractivity contribution in [2.45, 2.75) is 65.1 Å². The Morgan fingerprint density at radius 1 is 1.31 bits per heavy atom. The molecule has 1 fully saturated rings. The first-order valence-corrected chi connectivity index (χ1v) is 12.4. The van der Waals surface area contributed by atoms with Crippen molar-refractivity contribution in [1.29, 1.82) is 5.26 Å². The zero-order valence-electron chi connectivity index (χ0n) is 22.1. The monoisotopic (exact) mass is 535 g/mol. The Labute approximate surface area is 224 Å². The van der Waals surface area contributed by atoms with Crippen molar-refractivity contribution in [3.05, 3.63) is 47.8 Å². The maximum Gasteiger partial charge on any atom is 0.255 e. The lowest BCUT2D eigenvalue weighted by Gasteiger charge is -2.26. The number of aromatic nitrogens is 5. The standard InChI is InChI=1S/C26H30FN9O3/c1-15-22(36-31-7-8-32-36)11-18(14-29-15)33-23-16(12-28)10-20(27)24(35-23)34-21-6-5-19(37)9-17(21)13-30-25(38)39-26(2,3)4/h7-8,10-11,13-14,17,19,25,37-38H,5-6,9H2,1-4H3,(H,33,35)/b30-13+,34-21+/t17?,19-,25?/m1/s1. The van der Waals surface area contributed by atoms with Crippen molar-refractivity contribution < 1.29 is 19.3 Å². The SMILES string of the molecule is Cc1ncc(Nc2nc(/N=C3\CC[C@@H](O)CC3/C=N/C(O)OC(C)(C)C)c(F)cc2C#N)cc1-n1nccn1. The molecule has 0 saturated heterocycles. The predicted octanol–water partition coefficient (Wildman–Crippen LogP) is 3.52. The number of aliphatic hydroxyl groups excluding tert-OH is 2. The normalized spacial score (nSPS) is 19.8. The van der Waals surface area contributed by atoms with Gasteiger partial charge in [0.15, 0.2) is 17.5 Å². The summed E-state index contributed by atoms with van der Waals surface area (Å²) < 4.78 is 20.4. The fourth-order valence-electron chi connectivity index (χ4n) is 4.00. The van der Waals surface area contributed by atoms with Gasteiger partial charge in [0, 0.05) is 17.8 Å². The first kappa shape index (κ1) is 27.9. The van der Waals surface area contributed by atoms with Crippen molar-refractivity contribution in [3.63, 3.8) is 0 Å². The molecule has 12 nitrogen and oxygen atoms in total. The number of nitrogens with one attached hydrogen (secondary N) is 1. The van der Waals surface area contributed by atoms with Crippen LogP contribution in [0.4, 0.5) is 21.7 Å². The highest BCUT2D eigenvalue weighted by Gasteiger charge is 2.26. The molecule has 3 atom stereocenters. The van der Waals surface area contributed by atoms with Gasteiger partial charge in [0.25, 0.3) is 6.41 Å². The molecule has 3 aromatic heterocycles. The molecule has 0 amide bonds. The van der Waals surface area contributed by atoms with Gasteiger partial charge in [0.05, 0.1) is 47.2 Å². The van der Waals surface area contributed by atoms with Crippen LogP contribution in [-0.4, -0.2) is 65.2 Å². The first-order chi connectivity index (χ1) is 18.5. The average Bonchev–Trinajstić information content (AvgIpc) is 3.40. The summed E-state index contributed by atoms with van der Waals surface area (Å²) in [6.07, 6.45) is 5.22. The maximum absolute atomic E-state index is 15.0. The molecule has 3 heterocycles. The van der Waals surface area contributed by atoms with Gasteiger partial charge in [-0.1, -0.05) is 0 Å². The molecular formula is C26H30FN9O3. The average molecular weight is 536 g/mol. The number of aliphatic hydroxyl groups is 2. The Kier molecular flexibility index (Phi) is 8.39. The van der Waals surface area contributed by atoms with E-state index in [1.807, 2.05) is 13.0 Å². The van der Waals surface area contributed by atoms with E-state index in [1.165, 1.54) is 11.0 Å². The quantitative estimate of drug-likeness (QED) is 0.303. The summed E-state index contributed by atoms with van der Waals surface area (Å²) in [5, 5.41) is 41.2. The molecule has 204 valence electrons. The van der Waals surface area contributed by atoms with Gasteiger partial charge in [-0.15, -0.1) is 4.80 Å². The summed E-state index contributed by atoms with van der Waals surface area (Å²) in [6, 6.07) is 4.75. The summed E-state index contributed by atoms with van der Waals surface area (Å²) in [6.45, 7) is 7.17. The molecule has 1 saturated carbocycles. The van der Waals surface area contributed by atoms with Crippen LogP contribution in [-0.2, 0) is 4.74 Å². The van der Waals surface area contributed by atoms with Crippen LogP contribution in [0, 0.1) is 30.0 Å². The van der Waals surface area contributed by atoms with Crippen molar-refractivity contribution in [2.24, 2.45) is 15.9 Å². The number of hydrogen-bond donors (Lipinski definition) is 3. The molecule has 13 heteroatoms. The number of rotatable bonds is 7. The van der Waals surface area contributed by atoms with E-state index in [-0.39, 0.29) is 17.2 Å². The van der Waals surface area contributed by atoms with Crippen molar-refractivity contribution in [2.75, 3.05) is 5.32 Å². The summed E-state index contributed by atoms with van der Waals surface area (Å²) in [5.41, 5.74) is 1.70. The molecule has 3 N–H and O–H groups in total. The number of halogens is 1. The molecule has 1 aliphatic rings. The molecule has 0 radical (unpaired) electrons. The van der Waals surface area contributed by atoms with E-state index in [0.717, 1.165) is 6.07 Å². The largest absolute Gasteiger partial charge is 0.393 e. The molecule has 0 bridgehead atoms. The van der Waals surface area contributed by atoms with Crippen LogP contribution in [0.5, 0.6) is 0 Å². The van der Waals surface area contributed by atoms with Crippen LogP contribution in [0.3, 0.4) is 0 Å². The lowest BCUT2D eigenvalue weighted by Crippen LogP contribution is -2.30. The third-order valence-corrected chi connectivity index (χ3v) is 5.82. The Bertz CT molecular complexity index is 1410. The minimum absolute atomic E-state index is 0.0181. The lowest BCUT2D eigenvalue weighted by molar-refractivity contribution is -0.159. The second-order valence-corrected chi connectivity index (χ2v) is 10.1.